The monoisotopic (exact) mass is 561 g/mol. The molecule has 11 heteroatoms. The molecule has 1 N–H and O–H groups in total. The summed E-state index contributed by atoms with van der Waals surface area (Å²) in [6.07, 6.45) is -2.04. The number of amides is 1. The van der Waals surface area contributed by atoms with Gasteiger partial charge in [0.25, 0.3) is 0 Å². The topological polar surface area (TPSA) is 88.6 Å². The summed E-state index contributed by atoms with van der Waals surface area (Å²) in [5.74, 6) is 0.441. The van der Waals surface area contributed by atoms with Crippen LogP contribution in [0.4, 0.5) is 24.7 Å². The van der Waals surface area contributed by atoms with Gasteiger partial charge in [0, 0.05) is 19.6 Å². The average molecular weight is 562 g/mol. The minimum absolute atomic E-state index is 0.00488. The molecule has 208 valence electrons. The minimum Gasteiger partial charge on any atom is -0.383 e. The van der Waals surface area contributed by atoms with Gasteiger partial charge in [0.05, 0.1) is 47.2 Å². The Hall–Kier alpha value is -3.44. The van der Waals surface area contributed by atoms with Gasteiger partial charge in [0.1, 0.15) is 5.82 Å². The fraction of sp³-hybridized carbons (Fsp3) is 0.357. The number of hydrogen-bond acceptors (Lipinski definition) is 6. The van der Waals surface area contributed by atoms with Crippen molar-refractivity contribution in [1.82, 2.24) is 4.98 Å². The maximum atomic E-state index is 13.0. The fourth-order valence-corrected chi connectivity index (χ4v) is 5.62. The van der Waals surface area contributed by atoms with Crippen LogP contribution >= 0.6 is 0 Å². The van der Waals surface area contributed by atoms with Gasteiger partial charge >= 0.3 is 6.18 Å². The maximum Gasteiger partial charge on any atom is 0.416 e. The molecular formula is C28H30F3N3O4S. The standard InChI is InChI=1S/C28H30F3N3O4S/c1-3-39(36,37)25-11-4-19(5-12-25)14-27(35)33-23-10-13-26(32-16-23)34-17-21(15-24(34)18-38-2)20-6-8-22(9-7-20)28(29,30)31/h4-13,16,21,24H,3,14-15,17-18H2,1-2H3,(H,33,35)/t21?,24-/m0/s1. The van der Waals surface area contributed by atoms with E-state index >= 15 is 0 Å². The van der Waals surface area contributed by atoms with Crippen LogP contribution in [-0.2, 0) is 32.0 Å². The Balaban J connectivity index is 1.39. The Morgan fingerprint density at radius 3 is 2.33 bits per heavy atom. The number of sulfone groups is 1. The predicted octanol–water partition coefficient (Wildman–Crippen LogP) is 5.08. The number of ether oxygens (including phenoxy) is 1. The van der Waals surface area contributed by atoms with E-state index in [1.54, 1.807) is 44.5 Å². The van der Waals surface area contributed by atoms with Crippen LogP contribution in [0.1, 0.15) is 36.0 Å². The Bertz CT molecular complexity index is 1380. The van der Waals surface area contributed by atoms with E-state index in [1.807, 2.05) is 0 Å². The van der Waals surface area contributed by atoms with Gasteiger partial charge in [-0.1, -0.05) is 31.2 Å². The number of benzene rings is 2. The molecule has 4 rings (SSSR count). The van der Waals surface area contributed by atoms with E-state index in [0.29, 0.717) is 36.6 Å². The summed E-state index contributed by atoms with van der Waals surface area (Å²) >= 11 is 0. The fourth-order valence-electron chi connectivity index (χ4n) is 4.74. The number of aromatic nitrogens is 1. The molecule has 2 aromatic carbocycles. The van der Waals surface area contributed by atoms with Crippen molar-refractivity contribution in [2.24, 2.45) is 0 Å². The first-order chi connectivity index (χ1) is 18.5. The number of methoxy groups -OCH3 is 1. The van der Waals surface area contributed by atoms with Crippen molar-refractivity contribution in [3.8, 4) is 0 Å². The van der Waals surface area contributed by atoms with E-state index in [2.05, 4.69) is 15.2 Å². The lowest BCUT2D eigenvalue weighted by Crippen LogP contribution is -2.33. The normalized spacial score (nSPS) is 17.8. The third-order valence-corrected chi connectivity index (χ3v) is 8.59. The van der Waals surface area contributed by atoms with E-state index in [0.717, 1.165) is 17.7 Å². The van der Waals surface area contributed by atoms with E-state index in [-0.39, 0.29) is 34.9 Å². The highest BCUT2D eigenvalue weighted by Crippen LogP contribution is 2.36. The molecule has 39 heavy (non-hydrogen) atoms. The molecule has 0 radical (unpaired) electrons. The number of rotatable bonds is 9. The lowest BCUT2D eigenvalue weighted by atomic mass is 9.95. The van der Waals surface area contributed by atoms with Crippen LogP contribution in [0.25, 0.3) is 0 Å². The zero-order valence-corrected chi connectivity index (χ0v) is 22.4. The molecule has 0 bridgehead atoms. The van der Waals surface area contributed by atoms with Gasteiger partial charge < -0.3 is 15.0 Å². The van der Waals surface area contributed by atoms with Gasteiger partial charge in [-0.15, -0.1) is 0 Å². The van der Waals surface area contributed by atoms with Crippen LogP contribution in [0.3, 0.4) is 0 Å². The molecule has 0 aliphatic carbocycles. The van der Waals surface area contributed by atoms with Crippen LogP contribution in [0, 0.1) is 0 Å². The third kappa shape index (κ3) is 6.96. The summed E-state index contributed by atoms with van der Waals surface area (Å²) in [7, 11) is -1.70. The number of halogens is 3. The molecule has 2 heterocycles. The summed E-state index contributed by atoms with van der Waals surface area (Å²) in [4.78, 5) is 19.3. The molecule has 1 fully saturated rings. The first kappa shape index (κ1) is 28.6. The molecule has 1 aliphatic heterocycles. The van der Waals surface area contributed by atoms with Gasteiger partial charge in [-0.25, -0.2) is 13.4 Å². The van der Waals surface area contributed by atoms with E-state index < -0.39 is 21.6 Å². The molecule has 1 aromatic heterocycles. The summed E-state index contributed by atoms with van der Waals surface area (Å²) in [5, 5.41) is 2.80. The molecule has 7 nitrogen and oxygen atoms in total. The second kappa shape index (κ2) is 11.7. The van der Waals surface area contributed by atoms with Crippen molar-refractivity contribution in [2.45, 2.75) is 42.8 Å². The van der Waals surface area contributed by atoms with Crippen LogP contribution in [-0.4, -0.2) is 51.4 Å². The smallest absolute Gasteiger partial charge is 0.383 e. The van der Waals surface area contributed by atoms with Gasteiger partial charge in [0.2, 0.25) is 5.91 Å². The maximum absolute atomic E-state index is 13.0. The summed E-state index contributed by atoms with van der Waals surface area (Å²) in [6.45, 7) is 2.59. The van der Waals surface area contributed by atoms with Crippen molar-refractivity contribution in [1.29, 1.82) is 0 Å². The molecule has 1 aliphatic rings. The number of nitrogens with one attached hydrogen (secondary N) is 1. The summed E-state index contributed by atoms with van der Waals surface area (Å²) < 4.78 is 68.1. The van der Waals surface area contributed by atoms with Gasteiger partial charge in [-0.05, 0) is 53.9 Å². The quantitative estimate of drug-likeness (QED) is 0.392. The SMILES string of the molecule is CCS(=O)(=O)c1ccc(CC(=O)Nc2ccc(N3CC(c4ccc(C(F)(F)F)cc4)C[C@H]3COC)nc2)cc1. The number of anilines is 2. The van der Waals surface area contributed by atoms with Crippen LogP contribution < -0.4 is 10.2 Å². The number of alkyl halides is 3. The molecule has 2 atom stereocenters. The number of carbonyl (C=O) groups is 1. The Kier molecular flexibility index (Phi) is 8.60. The summed E-state index contributed by atoms with van der Waals surface area (Å²) in [6, 6.07) is 15.1. The second-order valence-electron chi connectivity index (χ2n) is 9.49. The zero-order chi connectivity index (χ0) is 28.2. The molecule has 1 amide bonds. The van der Waals surface area contributed by atoms with Crippen LogP contribution in [0.5, 0.6) is 0 Å². The molecule has 0 spiro atoms. The predicted molar refractivity (Wildman–Crippen MR) is 143 cm³/mol. The van der Waals surface area contributed by atoms with Gasteiger partial charge in [-0.2, -0.15) is 13.2 Å². The van der Waals surface area contributed by atoms with Gasteiger partial charge in [0.15, 0.2) is 9.84 Å². The first-order valence-corrected chi connectivity index (χ1v) is 14.2. The van der Waals surface area contributed by atoms with Crippen LogP contribution in [0.2, 0.25) is 0 Å². The average Bonchev–Trinajstić information content (AvgIpc) is 3.33. The van der Waals surface area contributed by atoms with Crippen molar-refractivity contribution in [3.63, 3.8) is 0 Å². The minimum atomic E-state index is -4.37. The summed E-state index contributed by atoms with van der Waals surface area (Å²) in [5.41, 5.74) is 1.35. The number of nitrogens with zero attached hydrogens (tertiary/aromatic N) is 2. The number of carbonyl (C=O) groups excluding carboxylic acids is 1. The van der Waals surface area contributed by atoms with Crippen molar-refractivity contribution in [2.75, 3.05) is 36.2 Å². The molecular weight excluding hydrogens is 531 g/mol. The van der Waals surface area contributed by atoms with E-state index in [4.69, 9.17) is 4.74 Å². The van der Waals surface area contributed by atoms with Crippen molar-refractivity contribution < 1.29 is 31.1 Å². The lowest BCUT2D eigenvalue weighted by molar-refractivity contribution is -0.137. The Labute approximate surface area is 225 Å². The first-order valence-electron chi connectivity index (χ1n) is 12.5. The number of hydrogen-bond donors (Lipinski definition) is 1. The number of pyridine rings is 1. The molecule has 1 saturated heterocycles. The van der Waals surface area contributed by atoms with E-state index in [9.17, 15) is 26.4 Å². The lowest BCUT2D eigenvalue weighted by Gasteiger charge is -2.25. The van der Waals surface area contributed by atoms with Crippen molar-refractivity contribution in [3.05, 3.63) is 83.6 Å². The van der Waals surface area contributed by atoms with Gasteiger partial charge in [-0.3, -0.25) is 4.79 Å². The Morgan fingerprint density at radius 1 is 1.08 bits per heavy atom. The Morgan fingerprint density at radius 2 is 1.77 bits per heavy atom. The largest absolute Gasteiger partial charge is 0.416 e. The second-order valence-corrected chi connectivity index (χ2v) is 11.8. The molecule has 0 saturated carbocycles. The third-order valence-electron chi connectivity index (χ3n) is 6.84. The molecule has 1 unspecified atom stereocenters. The highest BCUT2D eigenvalue weighted by Gasteiger charge is 2.35. The highest BCUT2D eigenvalue weighted by atomic mass is 32.2. The van der Waals surface area contributed by atoms with E-state index in [1.165, 1.54) is 24.3 Å². The van der Waals surface area contributed by atoms with Crippen molar-refractivity contribution >= 4 is 27.2 Å². The zero-order valence-electron chi connectivity index (χ0n) is 21.6. The highest BCUT2D eigenvalue weighted by molar-refractivity contribution is 7.91. The molecule has 3 aromatic rings. The van der Waals surface area contributed by atoms with Crippen LogP contribution in [0.15, 0.2) is 71.8 Å².